The van der Waals surface area contributed by atoms with Gasteiger partial charge in [0.1, 0.15) is 11.2 Å². The van der Waals surface area contributed by atoms with Gasteiger partial charge in [-0.05, 0) is 31.7 Å². The summed E-state index contributed by atoms with van der Waals surface area (Å²) >= 11 is 0. The number of nitrogens with zero attached hydrogens (tertiary/aromatic N) is 5. The second-order valence-electron chi connectivity index (χ2n) is 8.46. The fraction of sp³-hybridized carbons (Fsp3) is 0.500. The van der Waals surface area contributed by atoms with Crippen molar-refractivity contribution in [1.29, 1.82) is 5.26 Å². The topological polar surface area (TPSA) is 120 Å². The summed E-state index contributed by atoms with van der Waals surface area (Å²) in [7, 11) is -3.56. The predicted molar refractivity (Wildman–Crippen MR) is 101 cm³/mol. The summed E-state index contributed by atoms with van der Waals surface area (Å²) in [6.07, 6.45) is 8.38. The first kappa shape index (κ1) is 16.5. The molecule has 0 amide bonds. The molecule has 4 fully saturated rings. The first-order valence-corrected chi connectivity index (χ1v) is 10.9. The maximum Gasteiger partial charge on any atom is 0.279 e. The van der Waals surface area contributed by atoms with Crippen molar-refractivity contribution in [1.82, 2.24) is 28.5 Å². The van der Waals surface area contributed by atoms with Crippen LogP contribution in [0.15, 0.2) is 24.8 Å². The van der Waals surface area contributed by atoms with Crippen LogP contribution in [0.25, 0.3) is 22.1 Å². The van der Waals surface area contributed by atoms with E-state index in [1.165, 1.54) is 4.31 Å². The number of nitriles is 1. The largest absolute Gasteiger partial charge is 0.346 e. The predicted octanol–water partition coefficient (Wildman–Crippen LogP) is 1.22. The van der Waals surface area contributed by atoms with Crippen molar-refractivity contribution in [2.75, 3.05) is 13.1 Å². The Morgan fingerprint density at radius 2 is 2.14 bits per heavy atom. The van der Waals surface area contributed by atoms with Gasteiger partial charge >= 0.3 is 0 Å². The highest BCUT2D eigenvalue weighted by molar-refractivity contribution is 7.87. The zero-order chi connectivity index (χ0) is 19.1. The summed E-state index contributed by atoms with van der Waals surface area (Å²) < 4.78 is 32.0. The number of aromatic amines is 1. The van der Waals surface area contributed by atoms with E-state index in [0.717, 1.165) is 41.3 Å². The summed E-state index contributed by atoms with van der Waals surface area (Å²) in [5.41, 5.74) is 2.29. The molecule has 7 rings (SSSR count). The molecule has 3 aliphatic carbocycles. The van der Waals surface area contributed by atoms with E-state index < -0.39 is 10.2 Å². The Morgan fingerprint density at radius 3 is 2.89 bits per heavy atom. The lowest BCUT2D eigenvalue weighted by Gasteiger charge is -2.70. The van der Waals surface area contributed by atoms with Crippen LogP contribution < -0.4 is 4.72 Å². The minimum Gasteiger partial charge on any atom is -0.346 e. The maximum absolute atomic E-state index is 12.7. The molecule has 4 heterocycles. The van der Waals surface area contributed by atoms with E-state index in [1.54, 1.807) is 6.20 Å². The van der Waals surface area contributed by atoms with Crippen molar-refractivity contribution in [2.45, 2.75) is 36.8 Å². The standard InChI is InChI=1S/C18H19N7O2S/c19-5-12-2-4-24(7-12)28(26,27)23-17-8-18(9-17,10-17)25-11-22-14-6-21-16-13(15(14)25)1-3-20-16/h1,3,6,11-12,23H,2,4,7-10H2,(H,20,21). The van der Waals surface area contributed by atoms with Crippen LogP contribution in [0, 0.1) is 17.2 Å². The second-order valence-corrected chi connectivity index (χ2v) is 10.1. The van der Waals surface area contributed by atoms with Crippen LogP contribution in [0.3, 0.4) is 0 Å². The molecule has 10 heteroatoms. The van der Waals surface area contributed by atoms with Crippen LogP contribution in [0.4, 0.5) is 0 Å². The highest BCUT2D eigenvalue weighted by Crippen LogP contribution is 2.66. The van der Waals surface area contributed by atoms with Crippen molar-refractivity contribution in [2.24, 2.45) is 5.92 Å². The molecule has 0 radical (unpaired) electrons. The SMILES string of the molecule is N#CC1CCN(S(=O)(=O)NC23CC(n4cnc5cnc6[nH]ccc6c54)(C2)C3)C1. The number of rotatable bonds is 4. The average molecular weight is 397 g/mol. The van der Waals surface area contributed by atoms with Gasteiger partial charge in [-0.1, -0.05) is 0 Å². The normalized spacial score (nSPS) is 32.3. The molecule has 0 spiro atoms. The van der Waals surface area contributed by atoms with E-state index in [-0.39, 0.29) is 23.5 Å². The van der Waals surface area contributed by atoms with Gasteiger partial charge in [0.15, 0.2) is 0 Å². The molecule has 4 aliphatic rings. The average Bonchev–Trinajstić information content (AvgIpc) is 3.34. The third kappa shape index (κ3) is 2.04. The third-order valence-electron chi connectivity index (χ3n) is 6.62. The van der Waals surface area contributed by atoms with Gasteiger partial charge in [-0.2, -0.15) is 22.7 Å². The summed E-state index contributed by atoms with van der Waals surface area (Å²) in [5, 5.41) is 10.1. The molecule has 0 aromatic carbocycles. The lowest BCUT2D eigenvalue weighted by Crippen LogP contribution is -2.79. The van der Waals surface area contributed by atoms with Crippen LogP contribution >= 0.6 is 0 Å². The van der Waals surface area contributed by atoms with Gasteiger partial charge in [-0.3, -0.25) is 0 Å². The van der Waals surface area contributed by atoms with Gasteiger partial charge in [0.2, 0.25) is 0 Å². The zero-order valence-electron chi connectivity index (χ0n) is 15.1. The van der Waals surface area contributed by atoms with Crippen LogP contribution in [-0.2, 0) is 15.7 Å². The highest BCUT2D eigenvalue weighted by atomic mass is 32.2. The van der Waals surface area contributed by atoms with Crippen LogP contribution in [0.2, 0.25) is 0 Å². The monoisotopic (exact) mass is 397 g/mol. The molecular weight excluding hydrogens is 378 g/mol. The smallest absolute Gasteiger partial charge is 0.279 e. The lowest BCUT2D eigenvalue weighted by atomic mass is 9.44. The molecule has 2 bridgehead atoms. The van der Waals surface area contributed by atoms with Gasteiger partial charge in [0.25, 0.3) is 10.2 Å². The van der Waals surface area contributed by atoms with Crippen molar-refractivity contribution in [3.8, 4) is 6.07 Å². The van der Waals surface area contributed by atoms with E-state index in [1.807, 2.05) is 18.6 Å². The molecule has 1 aliphatic heterocycles. The summed E-state index contributed by atoms with van der Waals surface area (Å²) in [6, 6.07) is 4.17. The Balaban J connectivity index is 1.26. The number of H-pyrrole nitrogens is 1. The minimum absolute atomic E-state index is 0.0803. The molecule has 3 aromatic rings. The molecular formula is C18H19N7O2S. The molecule has 1 saturated heterocycles. The van der Waals surface area contributed by atoms with Crippen molar-refractivity contribution < 1.29 is 8.42 Å². The van der Waals surface area contributed by atoms with Gasteiger partial charge < -0.3 is 9.55 Å². The quantitative estimate of drug-likeness (QED) is 0.686. The Morgan fingerprint density at radius 1 is 1.32 bits per heavy atom. The summed E-state index contributed by atoms with van der Waals surface area (Å²) in [4.78, 5) is 12.0. The molecule has 1 unspecified atom stereocenters. The van der Waals surface area contributed by atoms with E-state index in [0.29, 0.717) is 13.0 Å². The van der Waals surface area contributed by atoms with Crippen LogP contribution in [0.1, 0.15) is 25.7 Å². The van der Waals surface area contributed by atoms with Crippen molar-refractivity contribution >= 4 is 32.3 Å². The van der Waals surface area contributed by atoms with Gasteiger partial charge in [0, 0.05) is 30.2 Å². The molecule has 3 aromatic heterocycles. The Labute approximate surface area is 161 Å². The van der Waals surface area contributed by atoms with Gasteiger partial charge in [-0.25, -0.2) is 9.97 Å². The molecule has 1 atom stereocenters. The fourth-order valence-electron chi connectivity index (χ4n) is 5.36. The number of hydrogen-bond acceptors (Lipinski definition) is 5. The molecule has 28 heavy (non-hydrogen) atoms. The Bertz CT molecular complexity index is 1250. The number of aromatic nitrogens is 4. The Kier molecular flexibility index (Phi) is 3.01. The lowest BCUT2D eigenvalue weighted by molar-refractivity contribution is -0.123. The summed E-state index contributed by atoms with van der Waals surface area (Å²) in [6.45, 7) is 0.705. The van der Waals surface area contributed by atoms with E-state index in [4.69, 9.17) is 5.26 Å². The Hall–Kier alpha value is -2.48. The second kappa shape index (κ2) is 5.11. The van der Waals surface area contributed by atoms with E-state index >= 15 is 0 Å². The van der Waals surface area contributed by atoms with Gasteiger partial charge in [0.05, 0.1) is 35.6 Å². The van der Waals surface area contributed by atoms with E-state index in [9.17, 15) is 8.42 Å². The summed E-state index contributed by atoms with van der Waals surface area (Å²) in [5.74, 6) is -0.203. The molecule has 9 nitrogen and oxygen atoms in total. The van der Waals surface area contributed by atoms with E-state index in [2.05, 4.69) is 30.3 Å². The number of nitrogens with one attached hydrogen (secondary N) is 2. The minimum atomic E-state index is -3.56. The first-order chi connectivity index (χ1) is 13.4. The molecule has 144 valence electrons. The number of imidazole rings is 1. The van der Waals surface area contributed by atoms with Crippen molar-refractivity contribution in [3.05, 3.63) is 24.8 Å². The first-order valence-electron chi connectivity index (χ1n) is 9.42. The molecule has 3 saturated carbocycles. The highest BCUT2D eigenvalue weighted by Gasteiger charge is 2.70. The fourth-order valence-corrected chi connectivity index (χ4v) is 6.97. The third-order valence-corrected chi connectivity index (χ3v) is 8.33. The zero-order valence-corrected chi connectivity index (χ0v) is 15.9. The van der Waals surface area contributed by atoms with Gasteiger partial charge in [-0.15, -0.1) is 0 Å². The van der Waals surface area contributed by atoms with Crippen LogP contribution in [-0.4, -0.2) is 50.9 Å². The van der Waals surface area contributed by atoms with Crippen molar-refractivity contribution in [3.63, 3.8) is 0 Å². The number of fused-ring (bicyclic) bond motifs is 3. The van der Waals surface area contributed by atoms with Crippen LogP contribution in [0.5, 0.6) is 0 Å². The number of hydrogen-bond donors (Lipinski definition) is 2. The maximum atomic E-state index is 12.7. The molecule has 2 N–H and O–H groups in total. The number of pyridine rings is 1.